The van der Waals surface area contributed by atoms with Gasteiger partial charge in [0.2, 0.25) is 0 Å². The molecule has 164 valence electrons. The standard InChI is InChI=1S/C23H18ClNO7/c1-2-30-22(28)14-3-6-16(7-4-14)25-21(27)13-31-23(29)18-11-15(5-9-19(18)24)20-10-8-17(12-26)32-20/h3-12H,2,13H2,1H3,(H,25,27). The van der Waals surface area contributed by atoms with Crippen LogP contribution < -0.4 is 5.32 Å². The molecule has 1 heterocycles. The Labute approximate surface area is 188 Å². The molecule has 0 radical (unpaired) electrons. The lowest BCUT2D eigenvalue weighted by Crippen LogP contribution is -2.21. The van der Waals surface area contributed by atoms with E-state index in [9.17, 15) is 19.2 Å². The zero-order chi connectivity index (χ0) is 23.1. The van der Waals surface area contributed by atoms with Crippen molar-refractivity contribution >= 4 is 41.4 Å². The van der Waals surface area contributed by atoms with Crippen LogP contribution in [0.25, 0.3) is 11.3 Å². The van der Waals surface area contributed by atoms with Crippen molar-refractivity contribution in [1.82, 2.24) is 0 Å². The third kappa shape index (κ3) is 5.61. The Kier molecular flexibility index (Phi) is 7.41. The molecule has 0 bridgehead atoms. The van der Waals surface area contributed by atoms with Gasteiger partial charge in [-0.3, -0.25) is 9.59 Å². The van der Waals surface area contributed by atoms with Gasteiger partial charge in [0.05, 0.1) is 22.8 Å². The molecule has 0 atom stereocenters. The zero-order valence-electron chi connectivity index (χ0n) is 16.9. The molecule has 0 aliphatic rings. The lowest BCUT2D eigenvalue weighted by molar-refractivity contribution is -0.119. The molecule has 0 spiro atoms. The van der Waals surface area contributed by atoms with Gasteiger partial charge in [0.25, 0.3) is 5.91 Å². The minimum Gasteiger partial charge on any atom is -0.462 e. The number of furan rings is 1. The molecule has 2 aromatic carbocycles. The van der Waals surface area contributed by atoms with Gasteiger partial charge in [0, 0.05) is 11.3 Å². The molecular formula is C23H18ClNO7. The predicted molar refractivity (Wildman–Crippen MR) is 116 cm³/mol. The lowest BCUT2D eigenvalue weighted by Gasteiger charge is -2.09. The molecule has 0 unspecified atom stereocenters. The van der Waals surface area contributed by atoms with Crippen LogP contribution in [0.2, 0.25) is 5.02 Å². The van der Waals surface area contributed by atoms with Crippen LogP contribution in [0.3, 0.4) is 0 Å². The number of rotatable bonds is 8. The average Bonchev–Trinajstić information content (AvgIpc) is 3.28. The van der Waals surface area contributed by atoms with E-state index in [0.717, 1.165) is 0 Å². The Bertz CT molecular complexity index is 1150. The van der Waals surface area contributed by atoms with E-state index in [-0.39, 0.29) is 23.0 Å². The van der Waals surface area contributed by atoms with E-state index in [2.05, 4.69) is 5.32 Å². The fraction of sp³-hybridized carbons (Fsp3) is 0.130. The number of carbonyl (C=O) groups is 4. The lowest BCUT2D eigenvalue weighted by atomic mass is 10.1. The van der Waals surface area contributed by atoms with E-state index in [0.29, 0.717) is 28.9 Å². The molecule has 3 rings (SSSR count). The van der Waals surface area contributed by atoms with Gasteiger partial charge >= 0.3 is 11.9 Å². The van der Waals surface area contributed by atoms with E-state index in [1.807, 2.05) is 0 Å². The minimum absolute atomic E-state index is 0.0415. The number of halogens is 1. The van der Waals surface area contributed by atoms with Crippen molar-refractivity contribution in [2.75, 3.05) is 18.5 Å². The maximum absolute atomic E-state index is 12.4. The van der Waals surface area contributed by atoms with E-state index in [1.165, 1.54) is 42.5 Å². The van der Waals surface area contributed by atoms with E-state index in [4.69, 9.17) is 25.5 Å². The smallest absolute Gasteiger partial charge is 0.340 e. The van der Waals surface area contributed by atoms with E-state index in [1.54, 1.807) is 19.1 Å². The van der Waals surface area contributed by atoms with Gasteiger partial charge in [-0.1, -0.05) is 11.6 Å². The highest BCUT2D eigenvalue weighted by molar-refractivity contribution is 6.33. The average molecular weight is 456 g/mol. The van der Waals surface area contributed by atoms with Gasteiger partial charge in [-0.15, -0.1) is 0 Å². The summed E-state index contributed by atoms with van der Waals surface area (Å²) in [7, 11) is 0. The summed E-state index contributed by atoms with van der Waals surface area (Å²) < 4.78 is 15.3. The summed E-state index contributed by atoms with van der Waals surface area (Å²) in [5, 5.41) is 2.69. The van der Waals surface area contributed by atoms with E-state index < -0.39 is 24.5 Å². The Morgan fingerprint density at radius 3 is 2.41 bits per heavy atom. The number of hydrogen-bond donors (Lipinski definition) is 1. The first-order chi connectivity index (χ1) is 15.4. The second-order valence-electron chi connectivity index (χ2n) is 6.44. The van der Waals surface area contributed by atoms with E-state index >= 15 is 0 Å². The van der Waals surface area contributed by atoms with Crippen molar-refractivity contribution in [3.05, 3.63) is 76.5 Å². The summed E-state index contributed by atoms with van der Waals surface area (Å²) >= 11 is 6.09. The summed E-state index contributed by atoms with van der Waals surface area (Å²) in [5.74, 6) is -1.31. The fourth-order valence-corrected chi connectivity index (χ4v) is 2.91. The SMILES string of the molecule is CCOC(=O)c1ccc(NC(=O)COC(=O)c2cc(-c3ccc(C=O)o3)ccc2Cl)cc1. The number of benzene rings is 2. The highest BCUT2D eigenvalue weighted by Gasteiger charge is 2.16. The predicted octanol–water partition coefficient (Wildman–Crippen LogP) is 4.38. The molecule has 0 aliphatic carbocycles. The molecule has 0 saturated carbocycles. The van der Waals surface area contributed by atoms with Crippen LogP contribution in [-0.4, -0.2) is 37.3 Å². The molecule has 1 amide bonds. The normalized spacial score (nSPS) is 10.3. The monoisotopic (exact) mass is 455 g/mol. The summed E-state index contributed by atoms with van der Waals surface area (Å²) in [4.78, 5) is 47.0. The van der Waals surface area contributed by atoms with Crippen molar-refractivity contribution in [3.8, 4) is 11.3 Å². The number of hydrogen-bond acceptors (Lipinski definition) is 7. The Hall–Kier alpha value is -3.91. The van der Waals surface area contributed by atoms with Crippen LogP contribution >= 0.6 is 11.6 Å². The second kappa shape index (κ2) is 10.4. The minimum atomic E-state index is -0.799. The van der Waals surface area contributed by atoms with Crippen molar-refractivity contribution in [2.24, 2.45) is 0 Å². The summed E-state index contributed by atoms with van der Waals surface area (Å²) in [5.41, 5.74) is 1.32. The Balaban J connectivity index is 1.60. The van der Waals surface area contributed by atoms with Gasteiger partial charge in [-0.2, -0.15) is 0 Å². The quantitative estimate of drug-likeness (QED) is 0.396. The Morgan fingerprint density at radius 1 is 1.00 bits per heavy atom. The van der Waals surface area contributed by atoms with Crippen molar-refractivity contribution in [2.45, 2.75) is 6.92 Å². The van der Waals surface area contributed by atoms with Crippen LogP contribution in [0.15, 0.2) is 59.0 Å². The first-order valence-electron chi connectivity index (χ1n) is 9.50. The van der Waals surface area contributed by atoms with Crippen molar-refractivity contribution in [3.63, 3.8) is 0 Å². The number of anilines is 1. The number of nitrogens with one attached hydrogen (secondary N) is 1. The van der Waals surface area contributed by atoms with Crippen LogP contribution in [0, 0.1) is 0 Å². The molecule has 1 aromatic heterocycles. The van der Waals surface area contributed by atoms with Crippen molar-refractivity contribution in [1.29, 1.82) is 0 Å². The maximum Gasteiger partial charge on any atom is 0.340 e. The van der Waals surface area contributed by atoms with Gasteiger partial charge in [-0.05, 0) is 61.5 Å². The van der Waals surface area contributed by atoms with Gasteiger partial charge in [0.15, 0.2) is 18.7 Å². The molecule has 1 N–H and O–H groups in total. The van der Waals surface area contributed by atoms with Crippen LogP contribution in [-0.2, 0) is 14.3 Å². The largest absolute Gasteiger partial charge is 0.462 e. The van der Waals surface area contributed by atoms with Gasteiger partial charge in [-0.25, -0.2) is 9.59 Å². The number of carbonyl (C=O) groups excluding carboxylic acids is 4. The number of aldehydes is 1. The molecule has 9 heteroatoms. The third-order valence-corrected chi connectivity index (χ3v) is 4.56. The summed E-state index contributed by atoms with van der Waals surface area (Å²) in [6.07, 6.45) is 0.567. The molecule has 8 nitrogen and oxygen atoms in total. The number of ether oxygens (including phenoxy) is 2. The molecule has 0 fully saturated rings. The highest BCUT2D eigenvalue weighted by Crippen LogP contribution is 2.27. The molecule has 32 heavy (non-hydrogen) atoms. The highest BCUT2D eigenvalue weighted by atomic mass is 35.5. The first kappa shape index (κ1) is 22.8. The molecule has 0 saturated heterocycles. The molecule has 3 aromatic rings. The van der Waals surface area contributed by atoms with Crippen LogP contribution in [0.4, 0.5) is 5.69 Å². The summed E-state index contributed by atoms with van der Waals surface area (Å²) in [6.45, 7) is 1.42. The van der Waals surface area contributed by atoms with Gasteiger partial charge < -0.3 is 19.2 Å². The van der Waals surface area contributed by atoms with Crippen LogP contribution in [0.1, 0.15) is 38.2 Å². The first-order valence-corrected chi connectivity index (χ1v) is 9.88. The van der Waals surface area contributed by atoms with Crippen molar-refractivity contribution < 1.29 is 33.1 Å². The number of esters is 2. The van der Waals surface area contributed by atoms with Gasteiger partial charge in [0.1, 0.15) is 5.76 Å². The maximum atomic E-state index is 12.4. The summed E-state index contributed by atoms with van der Waals surface area (Å²) in [6, 6.07) is 13.7. The second-order valence-corrected chi connectivity index (χ2v) is 6.84. The fourth-order valence-electron chi connectivity index (χ4n) is 2.72. The molecular weight excluding hydrogens is 438 g/mol. The third-order valence-electron chi connectivity index (χ3n) is 4.23. The van der Waals surface area contributed by atoms with Crippen LogP contribution in [0.5, 0.6) is 0 Å². The topological polar surface area (TPSA) is 112 Å². The number of amides is 1. The zero-order valence-corrected chi connectivity index (χ0v) is 17.7. The molecule has 0 aliphatic heterocycles. The Morgan fingerprint density at radius 2 is 1.75 bits per heavy atom.